The molecule has 0 radical (unpaired) electrons. The number of benzene rings is 5. The lowest BCUT2D eigenvalue weighted by atomic mass is 9.99. The zero-order chi connectivity index (χ0) is 34.1. The molecule has 50 heavy (non-hydrogen) atoms. The number of anilines is 3. The molecule has 1 fully saturated rings. The molecular formula is C37H25N7OS5. The van der Waals surface area contributed by atoms with Crippen LogP contribution in [-0.2, 0) is 4.79 Å². The second kappa shape index (κ2) is 12.3. The minimum atomic E-state index is -0.194. The van der Waals surface area contributed by atoms with E-state index in [0.29, 0.717) is 27.1 Å². The summed E-state index contributed by atoms with van der Waals surface area (Å²) >= 11 is 10.7. The normalized spacial score (nSPS) is 14.4. The lowest BCUT2D eigenvalue weighted by Crippen LogP contribution is -2.29. The van der Waals surface area contributed by atoms with Crippen LogP contribution in [0.15, 0.2) is 89.9 Å². The highest BCUT2D eigenvalue weighted by Crippen LogP contribution is 2.51. The van der Waals surface area contributed by atoms with Crippen molar-refractivity contribution in [2.75, 3.05) is 11.4 Å². The number of amides is 1. The van der Waals surface area contributed by atoms with Crippen molar-refractivity contribution in [2.45, 2.75) is 20.8 Å². The number of nitrogens with zero attached hydrogens (tertiary/aromatic N) is 7. The lowest BCUT2D eigenvalue weighted by Gasteiger charge is -2.24. The first kappa shape index (κ1) is 31.3. The number of carbonyl (C=O) groups excluding carboxylic acids is 1. The maximum atomic E-state index is 13.1. The van der Waals surface area contributed by atoms with Crippen LogP contribution in [0.25, 0.3) is 54.1 Å². The molecule has 0 atom stereocenters. The van der Waals surface area contributed by atoms with Crippen LogP contribution in [-0.4, -0.2) is 44.2 Å². The fraction of sp³-hybridized carbons (Fsp3) is 0.108. The van der Waals surface area contributed by atoms with Crippen molar-refractivity contribution in [3.8, 4) is 10.4 Å². The zero-order valence-corrected chi connectivity index (χ0v) is 31.0. The van der Waals surface area contributed by atoms with E-state index in [9.17, 15) is 4.79 Å². The molecule has 1 amide bonds. The summed E-state index contributed by atoms with van der Waals surface area (Å²) in [7, 11) is 0. The number of carbonyl (C=O) groups is 1. The molecule has 8 aromatic rings. The third-order valence-electron chi connectivity index (χ3n) is 8.85. The van der Waals surface area contributed by atoms with Gasteiger partial charge < -0.3 is 4.90 Å². The van der Waals surface area contributed by atoms with Gasteiger partial charge in [-0.3, -0.25) is 9.69 Å². The highest BCUT2D eigenvalue weighted by molar-refractivity contribution is 8.35. The van der Waals surface area contributed by atoms with Crippen molar-refractivity contribution in [2.24, 2.45) is 4.99 Å². The van der Waals surface area contributed by atoms with E-state index in [2.05, 4.69) is 102 Å². The summed E-state index contributed by atoms with van der Waals surface area (Å²) in [5.74, 6) is -0.194. The Morgan fingerprint density at radius 2 is 1.32 bits per heavy atom. The van der Waals surface area contributed by atoms with E-state index in [0.717, 1.165) is 76.6 Å². The third kappa shape index (κ3) is 5.03. The van der Waals surface area contributed by atoms with Crippen molar-refractivity contribution in [3.05, 3.63) is 96.1 Å². The molecule has 1 aliphatic rings. The monoisotopic (exact) mass is 743 g/mol. The first-order chi connectivity index (χ1) is 24.4. The largest absolute Gasteiger partial charge is 0.301 e. The Morgan fingerprint density at radius 3 is 1.96 bits per heavy atom. The maximum absolute atomic E-state index is 13.1. The van der Waals surface area contributed by atoms with Crippen LogP contribution in [0.4, 0.5) is 22.1 Å². The van der Waals surface area contributed by atoms with Crippen LogP contribution >= 0.6 is 58.8 Å². The van der Waals surface area contributed by atoms with E-state index in [4.69, 9.17) is 30.3 Å². The highest BCUT2D eigenvalue weighted by atomic mass is 32.2. The lowest BCUT2D eigenvalue weighted by molar-refractivity contribution is -0.119. The molecule has 1 saturated heterocycles. The molecule has 4 heterocycles. The predicted molar refractivity (Wildman–Crippen MR) is 216 cm³/mol. The van der Waals surface area contributed by atoms with Crippen LogP contribution in [0.1, 0.15) is 18.1 Å². The van der Waals surface area contributed by atoms with E-state index in [1.165, 1.54) is 34.6 Å². The van der Waals surface area contributed by atoms with Gasteiger partial charge in [0.05, 0.1) is 29.1 Å². The number of thioether (sulfide) groups is 1. The van der Waals surface area contributed by atoms with Gasteiger partial charge in [0.25, 0.3) is 5.91 Å². The summed E-state index contributed by atoms with van der Waals surface area (Å²) in [6.45, 7) is 6.62. The molecule has 0 bridgehead atoms. The number of thiocarbonyl (C=S) groups is 1. The summed E-state index contributed by atoms with van der Waals surface area (Å²) in [5.41, 5.74) is 9.08. The Kier molecular flexibility index (Phi) is 7.70. The minimum Gasteiger partial charge on any atom is -0.301 e. The summed E-state index contributed by atoms with van der Waals surface area (Å²) in [6.07, 6.45) is 0. The number of thiophene rings is 1. The van der Waals surface area contributed by atoms with Gasteiger partial charge >= 0.3 is 0 Å². The molecule has 0 unspecified atom stereocenters. The molecule has 13 heteroatoms. The molecule has 1 aliphatic heterocycles. The Balaban J connectivity index is 1.28. The molecule has 3 aromatic heterocycles. The van der Waals surface area contributed by atoms with Gasteiger partial charge in [-0.25, -0.2) is 4.99 Å². The second-order valence-electron chi connectivity index (χ2n) is 12.0. The summed E-state index contributed by atoms with van der Waals surface area (Å²) in [4.78, 5) is 22.9. The first-order valence-electron chi connectivity index (χ1n) is 15.8. The molecule has 8 nitrogen and oxygen atoms in total. The fourth-order valence-corrected chi connectivity index (χ4v) is 10.1. The fourth-order valence-electron chi connectivity index (χ4n) is 6.34. The van der Waals surface area contributed by atoms with E-state index in [1.54, 1.807) is 16.2 Å². The number of aliphatic imine (C=N–C) groups is 1. The van der Waals surface area contributed by atoms with Gasteiger partial charge in [-0.05, 0) is 68.9 Å². The van der Waals surface area contributed by atoms with Gasteiger partial charge in [-0.1, -0.05) is 71.9 Å². The summed E-state index contributed by atoms with van der Waals surface area (Å²) in [6, 6.07) is 30.0. The smallest absolute Gasteiger partial charge is 0.284 e. The van der Waals surface area contributed by atoms with Crippen LogP contribution in [0, 0.1) is 13.8 Å². The minimum absolute atomic E-state index is 0.194. The van der Waals surface area contributed by atoms with Gasteiger partial charge in [0, 0.05) is 49.9 Å². The molecule has 0 spiro atoms. The van der Waals surface area contributed by atoms with E-state index >= 15 is 0 Å². The number of aromatic nitrogens is 4. The topological polar surface area (TPSA) is 87.5 Å². The standard InChI is InChI=1S/C37H25N7OS5/c1-4-43-35(45)34(48-37(43)46)38-28-18-26-25(30-32(28)42-50-40-30)17-27(31-29(26)39-49-41-31)33-23-7-5-6-8-24(23)36(47-33)44(21-13-9-19(2)10-14-21)22-15-11-20(3)12-16-22/h5-18H,4H2,1-3H3. The predicted octanol–water partition coefficient (Wildman–Crippen LogP) is 10.7. The number of fused-ring (bicyclic) bond motifs is 6. The zero-order valence-electron chi connectivity index (χ0n) is 26.9. The molecule has 0 N–H and O–H groups in total. The van der Waals surface area contributed by atoms with Gasteiger partial charge in [0.15, 0.2) is 5.04 Å². The quantitative estimate of drug-likeness (QED) is 0.156. The van der Waals surface area contributed by atoms with Gasteiger partial charge in [0.1, 0.15) is 31.4 Å². The average Bonchev–Trinajstić information content (AvgIpc) is 3.93. The Labute approximate surface area is 308 Å². The van der Waals surface area contributed by atoms with Gasteiger partial charge in [0.2, 0.25) is 0 Å². The number of aryl methyl sites for hydroxylation is 2. The Bertz CT molecular complexity index is 2650. The molecule has 9 rings (SSSR count). The Hall–Kier alpha value is -4.66. The SMILES string of the molecule is CCN1C(=O)C(=Nc2cc3c(cc(-c4sc(N(c5ccc(C)cc5)c5ccc(C)cc5)c5ccccc45)c4nsnc43)c3nsnc23)SC1=S. The third-order valence-corrected chi connectivity index (χ3v) is 12.5. The van der Waals surface area contributed by atoms with Crippen molar-refractivity contribution < 1.29 is 4.79 Å². The average molecular weight is 744 g/mol. The van der Waals surface area contributed by atoms with E-state index < -0.39 is 0 Å². The van der Waals surface area contributed by atoms with Crippen molar-refractivity contribution >= 4 is 140 Å². The van der Waals surface area contributed by atoms with Crippen molar-refractivity contribution in [1.29, 1.82) is 0 Å². The molecule has 5 aromatic carbocycles. The van der Waals surface area contributed by atoms with Crippen molar-refractivity contribution in [1.82, 2.24) is 22.4 Å². The van der Waals surface area contributed by atoms with Crippen LogP contribution < -0.4 is 4.90 Å². The summed E-state index contributed by atoms with van der Waals surface area (Å²) < 4.78 is 19.6. The van der Waals surface area contributed by atoms with Crippen LogP contribution in [0.5, 0.6) is 0 Å². The van der Waals surface area contributed by atoms with E-state index in [1.807, 2.05) is 13.0 Å². The highest BCUT2D eigenvalue weighted by Gasteiger charge is 2.33. The Morgan fingerprint density at radius 1 is 0.740 bits per heavy atom. The molecule has 0 saturated carbocycles. The second-order valence-corrected chi connectivity index (χ2v) is 15.6. The van der Waals surface area contributed by atoms with Crippen molar-refractivity contribution in [3.63, 3.8) is 0 Å². The van der Waals surface area contributed by atoms with Crippen LogP contribution in [0.2, 0.25) is 0 Å². The van der Waals surface area contributed by atoms with Gasteiger partial charge in [-0.15, -0.1) is 11.3 Å². The van der Waals surface area contributed by atoms with Crippen LogP contribution in [0.3, 0.4) is 0 Å². The number of rotatable bonds is 6. The molecule has 0 aliphatic carbocycles. The molecular weight excluding hydrogens is 719 g/mol. The first-order valence-corrected chi connectivity index (χ1v) is 19.3. The summed E-state index contributed by atoms with van der Waals surface area (Å²) in [5, 5.41) is 5.51. The molecule has 244 valence electrons. The number of hydrogen-bond acceptors (Lipinski definition) is 12. The van der Waals surface area contributed by atoms with E-state index in [-0.39, 0.29) is 5.91 Å². The maximum Gasteiger partial charge on any atom is 0.284 e. The number of hydrogen-bond donors (Lipinski definition) is 0. The van der Waals surface area contributed by atoms with Gasteiger partial charge in [-0.2, -0.15) is 17.5 Å².